The molecule has 0 bridgehead atoms. The van der Waals surface area contributed by atoms with E-state index in [1.165, 1.54) is 6.20 Å². The molecule has 0 spiro atoms. The van der Waals surface area contributed by atoms with Gasteiger partial charge in [0, 0.05) is 44.7 Å². The van der Waals surface area contributed by atoms with Gasteiger partial charge in [0.1, 0.15) is 4.90 Å². The van der Waals surface area contributed by atoms with Crippen molar-refractivity contribution in [3.63, 3.8) is 0 Å². The van der Waals surface area contributed by atoms with Crippen molar-refractivity contribution in [2.75, 3.05) is 33.4 Å². The predicted molar refractivity (Wildman–Crippen MR) is 110 cm³/mol. The van der Waals surface area contributed by atoms with Gasteiger partial charge in [-0.3, -0.25) is 9.78 Å². The molecule has 0 unspecified atom stereocenters. The zero-order chi connectivity index (χ0) is 20.7. The molecule has 2 aromatic rings. The number of methoxy groups -OCH3 is 1. The molecule has 1 aliphatic rings. The topological polar surface area (TPSA) is 88.6 Å². The van der Waals surface area contributed by atoms with Crippen LogP contribution >= 0.6 is 0 Å². The first-order chi connectivity index (χ1) is 14.0. The van der Waals surface area contributed by atoms with Gasteiger partial charge in [0.15, 0.2) is 0 Å². The number of rotatable bonds is 8. The molecule has 0 aliphatic carbocycles. The van der Waals surface area contributed by atoms with Crippen LogP contribution in [0.5, 0.6) is 0 Å². The minimum atomic E-state index is -3.47. The maximum atomic E-state index is 12.7. The molecule has 0 saturated carbocycles. The number of carbonyl (C=O) groups excluding carboxylic acids is 1. The summed E-state index contributed by atoms with van der Waals surface area (Å²) in [4.78, 5) is 16.2. The number of hydrogen-bond acceptors (Lipinski definition) is 5. The van der Waals surface area contributed by atoms with E-state index in [-0.39, 0.29) is 10.8 Å². The summed E-state index contributed by atoms with van der Waals surface area (Å²) in [5, 5.41) is 2.80. The highest BCUT2D eigenvalue weighted by Crippen LogP contribution is 2.26. The van der Waals surface area contributed by atoms with Gasteiger partial charge in [-0.15, -0.1) is 0 Å². The second kappa shape index (κ2) is 9.96. The number of piperidine rings is 1. The van der Waals surface area contributed by atoms with E-state index < -0.39 is 10.0 Å². The van der Waals surface area contributed by atoms with Gasteiger partial charge in [0.25, 0.3) is 5.91 Å². The largest absolute Gasteiger partial charge is 0.383 e. The van der Waals surface area contributed by atoms with Gasteiger partial charge in [-0.2, -0.15) is 4.31 Å². The lowest BCUT2D eigenvalue weighted by Gasteiger charge is -2.31. The molecular formula is C21H27N3O4S. The Hall–Kier alpha value is -2.29. The highest BCUT2D eigenvalue weighted by molar-refractivity contribution is 7.89. The molecular weight excluding hydrogens is 390 g/mol. The van der Waals surface area contributed by atoms with Gasteiger partial charge in [0.2, 0.25) is 10.0 Å². The highest BCUT2D eigenvalue weighted by Gasteiger charge is 2.29. The number of aromatic nitrogens is 1. The number of amides is 1. The van der Waals surface area contributed by atoms with Gasteiger partial charge < -0.3 is 10.1 Å². The van der Waals surface area contributed by atoms with Crippen LogP contribution in [-0.4, -0.2) is 57.0 Å². The molecule has 3 rings (SSSR count). The van der Waals surface area contributed by atoms with E-state index in [0.717, 1.165) is 24.8 Å². The first-order valence-corrected chi connectivity index (χ1v) is 11.2. The zero-order valence-corrected chi connectivity index (χ0v) is 17.4. The molecule has 8 heteroatoms. The van der Waals surface area contributed by atoms with Crippen molar-refractivity contribution in [3.05, 3.63) is 59.9 Å². The standard InChI is InChI=1S/C21H27N3O4S/c1-28-14-11-23-21(25)19-6-4-17(5-7-19)15-18-8-12-24(13-9-18)29(26,27)20-3-2-10-22-16-20/h2-7,10,16,18H,8-9,11-15H2,1H3,(H,23,25). The highest BCUT2D eigenvalue weighted by atomic mass is 32.2. The number of hydrogen-bond donors (Lipinski definition) is 1. The number of sulfonamides is 1. The Balaban J connectivity index is 1.51. The Bertz CT molecular complexity index is 893. The fourth-order valence-electron chi connectivity index (χ4n) is 3.50. The minimum absolute atomic E-state index is 0.109. The Kier molecular flexibility index (Phi) is 7.35. The quantitative estimate of drug-likeness (QED) is 0.665. The van der Waals surface area contributed by atoms with Crippen molar-refractivity contribution in [3.8, 4) is 0 Å². The zero-order valence-electron chi connectivity index (χ0n) is 16.6. The second-order valence-corrected chi connectivity index (χ2v) is 9.12. The normalized spacial score (nSPS) is 15.9. The third-order valence-electron chi connectivity index (χ3n) is 5.18. The van der Waals surface area contributed by atoms with E-state index in [9.17, 15) is 13.2 Å². The van der Waals surface area contributed by atoms with E-state index in [0.29, 0.717) is 37.7 Å². The lowest BCUT2D eigenvalue weighted by atomic mass is 9.91. The summed E-state index contributed by atoms with van der Waals surface area (Å²) in [6.07, 6.45) is 5.48. The summed E-state index contributed by atoms with van der Waals surface area (Å²) >= 11 is 0. The van der Waals surface area contributed by atoms with E-state index in [4.69, 9.17) is 4.74 Å². The smallest absolute Gasteiger partial charge is 0.251 e. The van der Waals surface area contributed by atoms with E-state index >= 15 is 0 Å². The summed E-state index contributed by atoms with van der Waals surface area (Å²) in [5.41, 5.74) is 1.79. The molecule has 156 valence electrons. The van der Waals surface area contributed by atoms with E-state index in [1.54, 1.807) is 29.7 Å². The first-order valence-electron chi connectivity index (χ1n) is 9.77. The number of ether oxygens (including phenoxy) is 1. The van der Waals surface area contributed by atoms with Gasteiger partial charge in [-0.25, -0.2) is 8.42 Å². The van der Waals surface area contributed by atoms with Crippen LogP contribution in [0.25, 0.3) is 0 Å². The number of pyridine rings is 1. The minimum Gasteiger partial charge on any atom is -0.383 e. The Morgan fingerprint density at radius 2 is 1.93 bits per heavy atom. The summed E-state index contributed by atoms with van der Waals surface area (Å²) < 4.78 is 31.9. The van der Waals surface area contributed by atoms with Crippen molar-refractivity contribution in [2.45, 2.75) is 24.2 Å². The van der Waals surface area contributed by atoms with Gasteiger partial charge >= 0.3 is 0 Å². The van der Waals surface area contributed by atoms with Gasteiger partial charge in [-0.1, -0.05) is 12.1 Å². The van der Waals surface area contributed by atoms with Gasteiger partial charge in [0.05, 0.1) is 6.61 Å². The summed E-state index contributed by atoms with van der Waals surface area (Å²) in [7, 11) is -1.87. The molecule has 1 saturated heterocycles. The molecule has 1 fully saturated rings. The molecule has 29 heavy (non-hydrogen) atoms. The van der Waals surface area contributed by atoms with Gasteiger partial charge in [-0.05, 0) is 55.0 Å². The van der Waals surface area contributed by atoms with Crippen LogP contribution in [0.15, 0.2) is 53.7 Å². The maximum absolute atomic E-state index is 12.7. The molecule has 1 aromatic carbocycles. The molecule has 1 aliphatic heterocycles. The Morgan fingerprint density at radius 1 is 1.21 bits per heavy atom. The molecule has 2 heterocycles. The van der Waals surface area contributed by atoms with Crippen molar-refractivity contribution >= 4 is 15.9 Å². The van der Waals surface area contributed by atoms with Crippen molar-refractivity contribution < 1.29 is 17.9 Å². The molecule has 0 atom stereocenters. The van der Waals surface area contributed by atoms with Crippen molar-refractivity contribution in [2.24, 2.45) is 5.92 Å². The van der Waals surface area contributed by atoms with Crippen LogP contribution in [0.3, 0.4) is 0 Å². The summed E-state index contributed by atoms with van der Waals surface area (Å²) in [5.74, 6) is 0.319. The first kappa shape index (κ1) is 21.4. The van der Waals surface area contributed by atoms with Crippen LogP contribution in [-0.2, 0) is 21.2 Å². The number of carbonyl (C=O) groups is 1. The van der Waals surface area contributed by atoms with Crippen molar-refractivity contribution in [1.29, 1.82) is 0 Å². The van der Waals surface area contributed by atoms with Crippen LogP contribution in [0.1, 0.15) is 28.8 Å². The molecule has 1 N–H and O–H groups in total. The number of nitrogens with one attached hydrogen (secondary N) is 1. The molecule has 1 aromatic heterocycles. The average Bonchev–Trinajstić information content (AvgIpc) is 2.75. The summed E-state index contributed by atoms with van der Waals surface area (Å²) in [6, 6.07) is 10.8. The van der Waals surface area contributed by atoms with Crippen molar-refractivity contribution in [1.82, 2.24) is 14.6 Å². The SMILES string of the molecule is COCCNC(=O)c1ccc(CC2CCN(S(=O)(=O)c3cccnc3)CC2)cc1. The fraction of sp³-hybridized carbons (Fsp3) is 0.429. The van der Waals surface area contributed by atoms with Crippen LogP contribution < -0.4 is 5.32 Å². The lowest BCUT2D eigenvalue weighted by molar-refractivity contribution is 0.0937. The molecule has 1 amide bonds. The van der Waals surface area contributed by atoms with E-state index in [1.807, 2.05) is 24.3 Å². The monoisotopic (exact) mass is 417 g/mol. The number of benzene rings is 1. The molecule has 0 radical (unpaired) electrons. The lowest BCUT2D eigenvalue weighted by Crippen LogP contribution is -2.38. The third kappa shape index (κ3) is 5.62. The second-order valence-electron chi connectivity index (χ2n) is 7.19. The van der Waals surface area contributed by atoms with Crippen LogP contribution in [0.2, 0.25) is 0 Å². The number of nitrogens with zero attached hydrogens (tertiary/aromatic N) is 2. The predicted octanol–water partition coefficient (Wildman–Crippen LogP) is 2.10. The maximum Gasteiger partial charge on any atom is 0.251 e. The van der Waals surface area contributed by atoms with E-state index in [2.05, 4.69) is 10.3 Å². The summed E-state index contributed by atoms with van der Waals surface area (Å²) in [6.45, 7) is 2.00. The Morgan fingerprint density at radius 3 is 2.55 bits per heavy atom. The Labute approximate surface area is 172 Å². The fourth-order valence-corrected chi connectivity index (χ4v) is 4.93. The average molecular weight is 418 g/mol. The van der Waals surface area contributed by atoms with Crippen LogP contribution in [0.4, 0.5) is 0 Å². The third-order valence-corrected chi connectivity index (χ3v) is 7.06. The molecule has 7 nitrogen and oxygen atoms in total. The van der Waals surface area contributed by atoms with Crippen LogP contribution in [0, 0.1) is 5.92 Å².